The third-order valence-corrected chi connectivity index (χ3v) is 5.01. The molecular formula is C18H20F3N3O3. The number of nitrogens with zero attached hydrogens (tertiary/aromatic N) is 2. The molecular weight excluding hydrogens is 363 g/mol. The van der Waals surface area contributed by atoms with Crippen molar-refractivity contribution in [2.75, 3.05) is 31.1 Å². The van der Waals surface area contributed by atoms with Crippen molar-refractivity contribution >= 4 is 23.4 Å². The standard InChI is InChI=1S/C18H20F3N3O3/c1-11(25)23-4-6-24(7-5-23)15-3-2-12(8-14(15)18(19,20)21)13-9-16(26)22-17(27)10-13/h2-3,8,13H,4-7,9-10H2,1H3,(H,22,26,27). The summed E-state index contributed by atoms with van der Waals surface area (Å²) >= 11 is 0. The minimum absolute atomic E-state index is 0.0142. The second-order valence-electron chi connectivity index (χ2n) is 6.84. The number of rotatable bonds is 2. The Morgan fingerprint density at radius 2 is 1.67 bits per heavy atom. The SMILES string of the molecule is CC(=O)N1CCN(c2ccc(C3CC(=O)NC(=O)C3)cc2C(F)(F)F)CC1. The first-order valence-corrected chi connectivity index (χ1v) is 8.69. The third-order valence-electron chi connectivity index (χ3n) is 5.01. The van der Waals surface area contributed by atoms with Crippen molar-refractivity contribution in [3.63, 3.8) is 0 Å². The van der Waals surface area contributed by atoms with E-state index in [1.165, 1.54) is 13.0 Å². The van der Waals surface area contributed by atoms with Crippen molar-refractivity contribution in [1.82, 2.24) is 10.2 Å². The van der Waals surface area contributed by atoms with E-state index in [2.05, 4.69) is 5.32 Å². The monoisotopic (exact) mass is 383 g/mol. The fraction of sp³-hybridized carbons (Fsp3) is 0.500. The minimum Gasteiger partial charge on any atom is -0.367 e. The average Bonchev–Trinajstić information content (AvgIpc) is 2.60. The van der Waals surface area contributed by atoms with Crippen molar-refractivity contribution < 1.29 is 27.6 Å². The number of amides is 3. The summed E-state index contributed by atoms with van der Waals surface area (Å²) in [6.45, 7) is 2.79. The highest BCUT2D eigenvalue weighted by molar-refractivity contribution is 5.98. The van der Waals surface area contributed by atoms with E-state index in [1.807, 2.05) is 0 Å². The van der Waals surface area contributed by atoms with Gasteiger partial charge in [-0.25, -0.2) is 0 Å². The van der Waals surface area contributed by atoms with Crippen LogP contribution in [0.5, 0.6) is 0 Å². The van der Waals surface area contributed by atoms with E-state index in [9.17, 15) is 27.6 Å². The molecule has 0 saturated carbocycles. The number of piperidine rings is 1. The van der Waals surface area contributed by atoms with Crippen LogP contribution >= 0.6 is 0 Å². The molecule has 6 nitrogen and oxygen atoms in total. The Morgan fingerprint density at radius 1 is 1.07 bits per heavy atom. The van der Waals surface area contributed by atoms with Gasteiger partial charge in [-0.2, -0.15) is 13.2 Å². The smallest absolute Gasteiger partial charge is 0.367 e. The number of anilines is 1. The van der Waals surface area contributed by atoms with Crippen LogP contribution in [0.25, 0.3) is 0 Å². The Labute approximate surface area is 154 Å². The maximum Gasteiger partial charge on any atom is 0.418 e. The van der Waals surface area contributed by atoms with Gasteiger partial charge in [-0.1, -0.05) is 6.07 Å². The van der Waals surface area contributed by atoms with Crippen LogP contribution in [0.1, 0.15) is 36.8 Å². The van der Waals surface area contributed by atoms with Gasteiger partial charge in [0.2, 0.25) is 17.7 Å². The molecule has 0 unspecified atom stereocenters. The van der Waals surface area contributed by atoms with Crippen LogP contribution in [0.2, 0.25) is 0 Å². The topological polar surface area (TPSA) is 69.7 Å². The summed E-state index contributed by atoms with van der Waals surface area (Å²) in [4.78, 5) is 37.7. The molecule has 1 aromatic carbocycles. The largest absolute Gasteiger partial charge is 0.418 e. The van der Waals surface area contributed by atoms with Crippen LogP contribution in [0, 0.1) is 0 Å². The highest BCUT2D eigenvalue weighted by Crippen LogP contribution is 2.40. The summed E-state index contributed by atoms with van der Waals surface area (Å²) in [5, 5.41) is 2.16. The van der Waals surface area contributed by atoms with Gasteiger partial charge in [-0.05, 0) is 17.7 Å². The molecule has 0 bridgehead atoms. The lowest BCUT2D eigenvalue weighted by atomic mass is 9.88. The van der Waals surface area contributed by atoms with Crippen molar-refractivity contribution in [1.29, 1.82) is 0 Å². The van der Waals surface area contributed by atoms with E-state index < -0.39 is 29.5 Å². The predicted octanol–water partition coefficient (Wildman–Crippen LogP) is 1.89. The quantitative estimate of drug-likeness (QED) is 0.792. The van der Waals surface area contributed by atoms with Crippen LogP contribution in [-0.4, -0.2) is 48.8 Å². The van der Waals surface area contributed by atoms with Crippen molar-refractivity contribution in [3.8, 4) is 0 Å². The first-order chi connectivity index (χ1) is 12.6. The zero-order chi connectivity index (χ0) is 19.8. The average molecular weight is 383 g/mol. The van der Waals surface area contributed by atoms with Crippen LogP contribution in [0.15, 0.2) is 18.2 Å². The zero-order valence-corrected chi connectivity index (χ0v) is 14.8. The van der Waals surface area contributed by atoms with Crippen molar-refractivity contribution in [2.45, 2.75) is 31.9 Å². The Bertz CT molecular complexity index is 755. The second kappa shape index (κ2) is 7.21. The van der Waals surface area contributed by atoms with Gasteiger partial charge in [-0.3, -0.25) is 19.7 Å². The van der Waals surface area contributed by atoms with Crippen LogP contribution in [0.3, 0.4) is 0 Å². The zero-order valence-electron chi connectivity index (χ0n) is 14.8. The lowest BCUT2D eigenvalue weighted by Crippen LogP contribution is -2.48. The molecule has 27 heavy (non-hydrogen) atoms. The third kappa shape index (κ3) is 4.23. The molecule has 1 N–H and O–H groups in total. The number of hydrogen-bond acceptors (Lipinski definition) is 4. The first-order valence-electron chi connectivity index (χ1n) is 8.69. The summed E-state index contributed by atoms with van der Waals surface area (Å²) in [6.07, 6.45) is -4.59. The molecule has 0 aliphatic carbocycles. The van der Waals surface area contributed by atoms with Gasteiger partial charge >= 0.3 is 6.18 Å². The van der Waals surface area contributed by atoms with Crippen molar-refractivity contribution in [3.05, 3.63) is 29.3 Å². The number of imide groups is 1. The van der Waals surface area contributed by atoms with E-state index in [0.29, 0.717) is 31.7 Å². The molecule has 3 rings (SSSR count). The molecule has 2 heterocycles. The van der Waals surface area contributed by atoms with Gasteiger partial charge < -0.3 is 9.80 Å². The number of hydrogen-bond donors (Lipinski definition) is 1. The lowest BCUT2D eigenvalue weighted by molar-refractivity contribution is -0.137. The second-order valence-corrected chi connectivity index (χ2v) is 6.84. The van der Waals surface area contributed by atoms with Gasteiger partial charge in [-0.15, -0.1) is 0 Å². The molecule has 0 atom stereocenters. The molecule has 2 aliphatic rings. The lowest BCUT2D eigenvalue weighted by Gasteiger charge is -2.37. The van der Waals surface area contributed by atoms with Gasteiger partial charge in [0, 0.05) is 57.5 Å². The van der Waals surface area contributed by atoms with Gasteiger partial charge in [0.05, 0.1) is 5.56 Å². The number of alkyl halides is 3. The highest BCUT2D eigenvalue weighted by Gasteiger charge is 2.37. The minimum atomic E-state index is -4.57. The molecule has 9 heteroatoms. The number of carbonyl (C=O) groups is 3. The predicted molar refractivity (Wildman–Crippen MR) is 91.0 cm³/mol. The summed E-state index contributed by atoms with van der Waals surface area (Å²) in [6, 6.07) is 4.00. The fourth-order valence-electron chi connectivity index (χ4n) is 3.59. The Balaban J connectivity index is 1.88. The Morgan fingerprint density at radius 3 is 2.19 bits per heavy atom. The number of piperazine rings is 1. The Kier molecular flexibility index (Phi) is 5.12. The van der Waals surface area contributed by atoms with Gasteiger partial charge in [0.15, 0.2) is 0 Å². The maximum atomic E-state index is 13.7. The van der Waals surface area contributed by atoms with Crippen LogP contribution in [0.4, 0.5) is 18.9 Å². The number of carbonyl (C=O) groups excluding carboxylic acids is 3. The summed E-state index contributed by atoms with van der Waals surface area (Å²) < 4.78 is 41.0. The van der Waals surface area contributed by atoms with E-state index in [0.717, 1.165) is 6.07 Å². The summed E-state index contributed by atoms with van der Waals surface area (Å²) in [5.74, 6) is -1.61. The molecule has 0 radical (unpaired) electrons. The Hall–Kier alpha value is -2.58. The van der Waals surface area contributed by atoms with E-state index in [-0.39, 0.29) is 24.4 Å². The van der Waals surface area contributed by atoms with Crippen LogP contribution in [-0.2, 0) is 20.6 Å². The molecule has 2 saturated heterocycles. The molecule has 146 valence electrons. The van der Waals surface area contributed by atoms with Crippen LogP contribution < -0.4 is 10.2 Å². The number of benzene rings is 1. The summed E-state index contributed by atoms with van der Waals surface area (Å²) in [7, 11) is 0. The summed E-state index contributed by atoms with van der Waals surface area (Å²) in [5.41, 5.74) is -0.396. The molecule has 0 spiro atoms. The first kappa shape index (κ1) is 19.2. The molecule has 2 fully saturated rings. The fourth-order valence-corrected chi connectivity index (χ4v) is 3.59. The molecule has 3 amide bonds. The molecule has 0 aromatic heterocycles. The van der Waals surface area contributed by atoms with Gasteiger partial charge in [0.1, 0.15) is 0 Å². The number of nitrogens with one attached hydrogen (secondary N) is 1. The number of halogens is 3. The molecule has 1 aromatic rings. The highest BCUT2D eigenvalue weighted by atomic mass is 19.4. The molecule has 2 aliphatic heterocycles. The van der Waals surface area contributed by atoms with E-state index in [1.54, 1.807) is 15.9 Å². The van der Waals surface area contributed by atoms with Crippen molar-refractivity contribution in [2.24, 2.45) is 0 Å². The van der Waals surface area contributed by atoms with E-state index in [4.69, 9.17) is 0 Å². The maximum absolute atomic E-state index is 13.7. The van der Waals surface area contributed by atoms with E-state index >= 15 is 0 Å². The normalized spacial score (nSPS) is 19.3. The van der Waals surface area contributed by atoms with Gasteiger partial charge in [0.25, 0.3) is 0 Å².